The van der Waals surface area contributed by atoms with Gasteiger partial charge in [-0.25, -0.2) is 13.9 Å². The molecule has 0 aliphatic rings. The number of nitrogens with zero attached hydrogens (tertiary/aromatic N) is 7. The third kappa shape index (κ3) is 4.37. The Morgan fingerprint density at radius 1 is 0.364 bits per heavy atom. The molecule has 0 N–H and O–H groups in total. The fourth-order valence-electron chi connectivity index (χ4n) is 7.96. The van der Waals surface area contributed by atoms with Gasteiger partial charge in [-0.05, 0) is 124 Å². The molecule has 4 heterocycles. The minimum Gasteiger partial charge on any atom is -0.456 e. The maximum absolute atomic E-state index is 6.10. The summed E-state index contributed by atoms with van der Waals surface area (Å²) in [4.78, 5) is 2.00. The van der Waals surface area contributed by atoms with Crippen LogP contribution in [-0.4, -0.2) is 30.9 Å². The normalized spacial score (nSPS) is 12.0. The van der Waals surface area contributed by atoms with Gasteiger partial charge in [0, 0.05) is 21.9 Å². The highest BCUT2D eigenvalue weighted by Crippen LogP contribution is 2.46. The van der Waals surface area contributed by atoms with E-state index in [-0.39, 0.29) is 0 Å². The number of hydrogen-bond acceptors (Lipinski definition) is 11. The molecule has 8 aromatic carbocycles. The van der Waals surface area contributed by atoms with Gasteiger partial charge in [-0.2, -0.15) is 0 Å². The summed E-state index contributed by atoms with van der Waals surface area (Å²) < 4.78 is 22.3. The van der Waals surface area contributed by atoms with Crippen LogP contribution in [0.25, 0.3) is 98.8 Å². The second kappa shape index (κ2) is 11.3. The van der Waals surface area contributed by atoms with Gasteiger partial charge in [0.25, 0.3) is 0 Å². The summed E-state index contributed by atoms with van der Waals surface area (Å²) in [6.45, 7) is 0. The zero-order chi connectivity index (χ0) is 36.0. The molecule has 0 amide bonds. The van der Waals surface area contributed by atoms with Gasteiger partial charge in [-0.3, -0.25) is 0 Å². The Morgan fingerprint density at radius 2 is 0.927 bits per heavy atom. The molecule has 258 valence electrons. The van der Waals surface area contributed by atoms with Crippen LogP contribution in [0.3, 0.4) is 0 Å². The Hall–Kier alpha value is -7.92. The van der Waals surface area contributed by atoms with E-state index in [0.717, 1.165) is 55.0 Å². The Morgan fingerprint density at radius 3 is 1.71 bits per heavy atom. The van der Waals surface area contributed by atoms with Crippen molar-refractivity contribution in [2.24, 2.45) is 0 Å². The second-order valence-electron chi connectivity index (χ2n) is 13.5. The van der Waals surface area contributed by atoms with Crippen molar-refractivity contribution in [2.45, 2.75) is 0 Å². The lowest BCUT2D eigenvalue weighted by molar-refractivity contribution is 0.315. The van der Waals surface area contributed by atoms with Crippen LogP contribution in [-0.2, 0) is 0 Å². The number of anilines is 3. The Labute approximate surface area is 308 Å². The fraction of sp³-hybridized carbons (Fsp3) is 0. The lowest BCUT2D eigenvalue weighted by Crippen LogP contribution is -2.12. The average Bonchev–Trinajstić information content (AvgIpc) is 4.07. The van der Waals surface area contributed by atoms with Crippen LogP contribution in [0, 0.1) is 0 Å². The molecule has 0 aliphatic carbocycles. The van der Waals surface area contributed by atoms with E-state index in [0.29, 0.717) is 50.2 Å². The van der Waals surface area contributed by atoms with E-state index in [9.17, 15) is 0 Å². The second-order valence-corrected chi connectivity index (χ2v) is 13.5. The Balaban J connectivity index is 1.06. The Bertz CT molecular complexity index is 3490. The summed E-state index contributed by atoms with van der Waals surface area (Å²) in [5.74, 6) is 0. The van der Waals surface area contributed by atoms with Crippen molar-refractivity contribution in [3.05, 3.63) is 140 Å². The number of hydrogen-bond donors (Lipinski definition) is 0. The lowest BCUT2D eigenvalue weighted by Gasteiger charge is -2.25. The molecule has 0 fully saturated rings. The van der Waals surface area contributed by atoms with Gasteiger partial charge in [-0.15, -0.1) is 0 Å². The van der Waals surface area contributed by atoms with Crippen LogP contribution in [0.5, 0.6) is 0 Å². The van der Waals surface area contributed by atoms with Gasteiger partial charge >= 0.3 is 0 Å². The molecule has 4 aromatic heterocycles. The molecule has 12 aromatic rings. The van der Waals surface area contributed by atoms with Gasteiger partial charge in [-0.1, -0.05) is 78.9 Å². The summed E-state index contributed by atoms with van der Waals surface area (Å²) in [5, 5.41) is 33.0. The van der Waals surface area contributed by atoms with Crippen LogP contribution < -0.4 is 4.90 Å². The Kier molecular flexibility index (Phi) is 6.08. The number of para-hydroxylation sites is 1. The predicted octanol–water partition coefficient (Wildman–Crippen LogP) is 11.3. The highest BCUT2D eigenvalue weighted by Gasteiger charge is 2.27. The van der Waals surface area contributed by atoms with Gasteiger partial charge in [0.05, 0.1) is 17.1 Å². The van der Waals surface area contributed by atoms with Crippen molar-refractivity contribution < 1.29 is 18.3 Å². The number of rotatable bonds is 5. The van der Waals surface area contributed by atoms with Crippen molar-refractivity contribution in [1.82, 2.24) is 30.9 Å². The number of furan rings is 1. The van der Waals surface area contributed by atoms with Gasteiger partial charge < -0.3 is 9.32 Å². The summed E-state index contributed by atoms with van der Waals surface area (Å²) >= 11 is 0. The first-order valence-corrected chi connectivity index (χ1v) is 17.6. The van der Waals surface area contributed by atoms with E-state index in [1.807, 2.05) is 77.7 Å². The maximum atomic E-state index is 6.10. The molecule has 0 spiro atoms. The van der Waals surface area contributed by atoms with E-state index >= 15 is 0 Å². The zero-order valence-electron chi connectivity index (χ0n) is 28.5. The molecule has 55 heavy (non-hydrogen) atoms. The highest BCUT2D eigenvalue weighted by molar-refractivity contribution is 6.13. The minimum atomic E-state index is 0.526. The van der Waals surface area contributed by atoms with Crippen LogP contribution in [0.15, 0.2) is 158 Å². The summed E-state index contributed by atoms with van der Waals surface area (Å²) in [5.41, 5.74) is 10.7. The van der Waals surface area contributed by atoms with E-state index in [1.165, 1.54) is 10.8 Å². The smallest absolute Gasteiger partial charge is 0.159 e. The van der Waals surface area contributed by atoms with Crippen LogP contribution >= 0.6 is 0 Å². The molecular weight excluding hydrogens is 691 g/mol. The largest absolute Gasteiger partial charge is 0.456 e. The first kappa shape index (κ1) is 29.6. The minimum absolute atomic E-state index is 0.526. The van der Waals surface area contributed by atoms with Crippen molar-refractivity contribution in [3.8, 4) is 22.3 Å². The molecule has 11 heteroatoms. The summed E-state index contributed by atoms with van der Waals surface area (Å²) in [6, 6.07) is 47.0. The third-order valence-electron chi connectivity index (χ3n) is 10.5. The standard InChI is InChI=1S/C44H23N7O4/c1-2-7-28-24(6-1)12-13-25-14-15-26(22-32(25)28)29-17-19-36(43-40(29)46-54-49-43)51(35-10-5-9-34-42(35)48-53-45-34)37-20-18-30(41-44(37)50-55-47-41)27-16-21-39-33(23-27)31-8-3-4-11-38(31)52-39/h1-23H. The van der Waals surface area contributed by atoms with Crippen molar-refractivity contribution in [3.63, 3.8) is 0 Å². The quantitative estimate of drug-likeness (QED) is 0.158. The average molecular weight is 714 g/mol. The van der Waals surface area contributed by atoms with Crippen LogP contribution in [0.4, 0.5) is 17.1 Å². The molecule has 0 aliphatic heterocycles. The van der Waals surface area contributed by atoms with Gasteiger partial charge in [0.15, 0.2) is 16.6 Å². The number of aromatic nitrogens is 6. The SMILES string of the molecule is c1ccc2c(c1)ccc1ccc(-c3ccc(N(c4cccc5nonc45)c4ccc(-c5ccc6oc7ccccc7c6c5)c5nonc45)c4nonc34)cc12. The van der Waals surface area contributed by atoms with Crippen LogP contribution in [0.1, 0.15) is 0 Å². The van der Waals surface area contributed by atoms with Gasteiger partial charge in [0.1, 0.15) is 27.7 Å². The third-order valence-corrected chi connectivity index (χ3v) is 10.5. The van der Waals surface area contributed by atoms with E-state index in [1.54, 1.807) is 0 Å². The topological polar surface area (TPSA) is 133 Å². The molecule has 12 rings (SSSR count). The summed E-state index contributed by atoms with van der Waals surface area (Å²) in [7, 11) is 0. The zero-order valence-corrected chi connectivity index (χ0v) is 28.5. The van der Waals surface area contributed by atoms with Crippen molar-refractivity contribution in [1.29, 1.82) is 0 Å². The maximum Gasteiger partial charge on any atom is 0.159 e. The molecule has 0 saturated heterocycles. The fourth-order valence-corrected chi connectivity index (χ4v) is 7.96. The first-order chi connectivity index (χ1) is 27.3. The van der Waals surface area contributed by atoms with E-state index in [4.69, 9.17) is 18.3 Å². The number of fused-ring (bicyclic) bond motifs is 9. The molecule has 11 nitrogen and oxygen atoms in total. The monoisotopic (exact) mass is 713 g/mol. The van der Waals surface area contributed by atoms with E-state index in [2.05, 4.69) is 97.7 Å². The summed E-state index contributed by atoms with van der Waals surface area (Å²) in [6.07, 6.45) is 0. The van der Waals surface area contributed by atoms with Crippen molar-refractivity contribution >= 4 is 93.6 Å². The highest BCUT2D eigenvalue weighted by atomic mass is 16.6. The lowest BCUT2D eigenvalue weighted by atomic mass is 9.96. The predicted molar refractivity (Wildman–Crippen MR) is 210 cm³/mol. The number of benzene rings is 8. The van der Waals surface area contributed by atoms with Crippen molar-refractivity contribution in [2.75, 3.05) is 4.90 Å². The first-order valence-electron chi connectivity index (χ1n) is 17.6. The van der Waals surface area contributed by atoms with Crippen LogP contribution in [0.2, 0.25) is 0 Å². The molecule has 0 radical (unpaired) electrons. The van der Waals surface area contributed by atoms with E-state index < -0.39 is 0 Å². The molecule has 0 unspecified atom stereocenters. The molecule has 0 bridgehead atoms. The molecule has 0 saturated carbocycles. The molecule has 0 atom stereocenters. The van der Waals surface area contributed by atoms with Gasteiger partial charge in [0.2, 0.25) is 0 Å². The molecular formula is C44H23N7O4.